The third-order valence-electron chi connectivity index (χ3n) is 3.18. The molecule has 0 unspecified atom stereocenters. The van der Waals surface area contributed by atoms with Gasteiger partial charge in [-0.1, -0.05) is 44.2 Å². The molecular formula is C16H18IN. The van der Waals surface area contributed by atoms with E-state index in [2.05, 4.69) is 78.9 Å². The van der Waals surface area contributed by atoms with Gasteiger partial charge in [-0.15, -0.1) is 0 Å². The van der Waals surface area contributed by atoms with Gasteiger partial charge in [0, 0.05) is 10.1 Å². The lowest BCUT2D eigenvalue weighted by Gasteiger charge is -2.11. The first-order valence-corrected chi connectivity index (χ1v) is 7.28. The molecule has 0 fully saturated rings. The summed E-state index contributed by atoms with van der Waals surface area (Å²) in [6.07, 6.45) is 0. The van der Waals surface area contributed by atoms with Crippen molar-refractivity contribution < 1.29 is 0 Å². The van der Waals surface area contributed by atoms with Crippen LogP contribution in [0.5, 0.6) is 0 Å². The van der Waals surface area contributed by atoms with Gasteiger partial charge >= 0.3 is 0 Å². The zero-order valence-corrected chi connectivity index (χ0v) is 12.9. The molecule has 0 amide bonds. The van der Waals surface area contributed by atoms with Crippen LogP contribution in [0.1, 0.15) is 30.9 Å². The second kappa shape index (κ2) is 5.85. The lowest BCUT2D eigenvalue weighted by molar-refractivity contribution is 0.867. The fourth-order valence-electron chi connectivity index (χ4n) is 2.04. The molecule has 0 heterocycles. The summed E-state index contributed by atoms with van der Waals surface area (Å²) in [6.45, 7) is 5.01. The number of benzene rings is 2. The lowest BCUT2D eigenvalue weighted by atomic mass is 9.96. The van der Waals surface area contributed by atoms with Gasteiger partial charge in [0.25, 0.3) is 0 Å². The van der Waals surface area contributed by atoms with E-state index in [0.29, 0.717) is 12.5 Å². The van der Waals surface area contributed by atoms with Crippen LogP contribution in [0.15, 0.2) is 42.5 Å². The van der Waals surface area contributed by atoms with Crippen LogP contribution in [0.4, 0.5) is 0 Å². The Morgan fingerprint density at radius 2 is 1.72 bits per heavy atom. The maximum Gasteiger partial charge on any atom is 0.0184 e. The summed E-state index contributed by atoms with van der Waals surface area (Å²) in [5, 5.41) is 0. The van der Waals surface area contributed by atoms with Crippen LogP contribution < -0.4 is 5.73 Å². The van der Waals surface area contributed by atoms with Crippen molar-refractivity contribution in [1.82, 2.24) is 0 Å². The van der Waals surface area contributed by atoms with Gasteiger partial charge in [-0.05, 0) is 62.9 Å². The second-order valence-corrected chi connectivity index (χ2v) is 6.03. The molecule has 0 radical (unpaired) electrons. The molecule has 2 aromatic carbocycles. The zero-order chi connectivity index (χ0) is 13.1. The molecular weight excluding hydrogens is 333 g/mol. The number of hydrogen-bond donors (Lipinski definition) is 1. The highest BCUT2D eigenvalue weighted by Crippen LogP contribution is 2.27. The van der Waals surface area contributed by atoms with Crippen molar-refractivity contribution in [3.63, 3.8) is 0 Å². The average Bonchev–Trinajstić information content (AvgIpc) is 2.39. The van der Waals surface area contributed by atoms with Crippen molar-refractivity contribution in [3.05, 3.63) is 57.2 Å². The molecule has 94 valence electrons. The third kappa shape index (κ3) is 2.93. The Bertz CT molecular complexity index is 529. The first-order chi connectivity index (χ1) is 8.61. The number of halogens is 1. The maximum atomic E-state index is 5.81. The molecule has 0 spiro atoms. The molecule has 0 atom stereocenters. The average molecular weight is 351 g/mol. The molecule has 2 heteroatoms. The lowest BCUT2D eigenvalue weighted by Crippen LogP contribution is -1.99. The fourth-order valence-corrected chi connectivity index (χ4v) is 2.53. The van der Waals surface area contributed by atoms with Crippen molar-refractivity contribution in [1.29, 1.82) is 0 Å². The Kier molecular flexibility index (Phi) is 4.40. The van der Waals surface area contributed by atoms with Crippen LogP contribution in [-0.4, -0.2) is 0 Å². The van der Waals surface area contributed by atoms with E-state index in [0.717, 1.165) is 0 Å². The van der Waals surface area contributed by atoms with Crippen molar-refractivity contribution in [2.45, 2.75) is 26.3 Å². The topological polar surface area (TPSA) is 26.0 Å². The summed E-state index contributed by atoms with van der Waals surface area (Å²) < 4.78 is 1.24. The van der Waals surface area contributed by atoms with Crippen LogP contribution in [0.2, 0.25) is 0 Å². The number of rotatable bonds is 3. The third-order valence-corrected chi connectivity index (χ3v) is 3.85. The van der Waals surface area contributed by atoms with Gasteiger partial charge in [-0.3, -0.25) is 0 Å². The minimum atomic E-state index is 0.573. The van der Waals surface area contributed by atoms with E-state index in [1.165, 1.54) is 25.8 Å². The van der Waals surface area contributed by atoms with Gasteiger partial charge in [0.15, 0.2) is 0 Å². The Hall–Kier alpha value is -0.870. The second-order valence-electron chi connectivity index (χ2n) is 4.78. The first kappa shape index (κ1) is 13.6. The standard InChI is InChI=1S/C16H18IN/c1-11(2)12-3-5-13(6-4-12)16-9-15(17)8-7-14(16)10-18/h3-9,11H,10,18H2,1-2H3. The van der Waals surface area contributed by atoms with E-state index < -0.39 is 0 Å². The highest BCUT2D eigenvalue weighted by Gasteiger charge is 2.06. The zero-order valence-electron chi connectivity index (χ0n) is 10.8. The normalized spacial score (nSPS) is 10.9. The summed E-state index contributed by atoms with van der Waals surface area (Å²) in [6, 6.07) is 15.2. The summed E-state index contributed by atoms with van der Waals surface area (Å²) >= 11 is 2.34. The van der Waals surface area contributed by atoms with Gasteiger partial charge in [0.05, 0.1) is 0 Å². The molecule has 0 bridgehead atoms. The van der Waals surface area contributed by atoms with Crippen molar-refractivity contribution >= 4 is 22.6 Å². The molecule has 2 rings (SSSR count). The summed E-state index contributed by atoms with van der Waals surface area (Å²) in [5.74, 6) is 0.573. The van der Waals surface area contributed by atoms with Crippen molar-refractivity contribution in [2.24, 2.45) is 5.73 Å². The maximum absolute atomic E-state index is 5.81. The molecule has 0 aliphatic rings. The molecule has 0 aliphatic heterocycles. The van der Waals surface area contributed by atoms with Crippen LogP contribution in [-0.2, 0) is 6.54 Å². The van der Waals surface area contributed by atoms with Crippen molar-refractivity contribution in [2.75, 3.05) is 0 Å². The molecule has 0 saturated carbocycles. The van der Waals surface area contributed by atoms with E-state index >= 15 is 0 Å². The SMILES string of the molecule is CC(C)c1ccc(-c2cc(I)ccc2CN)cc1. The number of nitrogens with two attached hydrogens (primary N) is 1. The Morgan fingerprint density at radius 3 is 2.28 bits per heavy atom. The summed E-state index contributed by atoms with van der Waals surface area (Å²) in [4.78, 5) is 0. The Labute approximate surface area is 123 Å². The minimum Gasteiger partial charge on any atom is -0.326 e. The predicted molar refractivity (Wildman–Crippen MR) is 86.6 cm³/mol. The van der Waals surface area contributed by atoms with E-state index in [9.17, 15) is 0 Å². The van der Waals surface area contributed by atoms with Gasteiger partial charge in [-0.2, -0.15) is 0 Å². The first-order valence-electron chi connectivity index (χ1n) is 6.20. The Balaban J connectivity index is 2.44. The summed E-state index contributed by atoms with van der Waals surface area (Å²) in [7, 11) is 0. The highest BCUT2D eigenvalue weighted by atomic mass is 127. The Morgan fingerprint density at radius 1 is 1.06 bits per heavy atom. The molecule has 2 N–H and O–H groups in total. The van der Waals surface area contributed by atoms with E-state index in [1.807, 2.05) is 0 Å². The van der Waals surface area contributed by atoms with Crippen molar-refractivity contribution in [3.8, 4) is 11.1 Å². The fraction of sp³-hybridized carbons (Fsp3) is 0.250. The van der Waals surface area contributed by atoms with E-state index in [-0.39, 0.29) is 0 Å². The van der Waals surface area contributed by atoms with E-state index in [1.54, 1.807) is 0 Å². The predicted octanol–water partition coefficient (Wildman–Crippen LogP) is 4.54. The molecule has 0 saturated heterocycles. The molecule has 0 aromatic heterocycles. The summed E-state index contributed by atoms with van der Waals surface area (Å²) in [5.41, 5.74) is 10.9. The minimum absolute atomic E-state index is 0.573. The van der Waals surface area contributed by atoms with Crippen LogP contribution in [0, 0.1) is 3.57 Å². The number of hydrogen-bond acceptors (Lipinski definition) is 1. The van der Waals surface area contributed by atoms with Gasteiger partial charge in [-0.25, -0.2) is 0 Å². The quantitative estimate of drug-likeness (QED) is 0.808. The van der Waals surface area contributed by atoms with Gasteiger partial charge in [0.1, 0.15) is 0 Å². The van der Waals surface area contributed by atoms with Crippen LogP contribution in [0.3, 0.4) is 0 Å². The van der Waals surface area contributed by atoms with Gasteiger partial charge in [0.2, 0.25) is 0 Å². The van der Waals surface area contributed by atoms with E-state index in [4.69, 9.17) is 5.73 Å². The molecule has 0 aliphatic carbocycles. The smallest absolute Gasteiger partial charge is 0.0184 e. The highest BCUT2D eigenvalue weighted by molar-refractivity contribution is 14.1. The van der Waals surface area contributed by atoms with Crippen LogP contribution in [0.25, 0.3) is 11.1 Å². The van der Waals surface area contributed by atoms with Crippen LogP contribution >= 0.6 is 22.6 Å². The van der Waals surface area contributed by atoms with Gasteiger partial charge < -0.3 is 5.73 Å². The molecule has 2 aromatic rings. The molecule has 1 nitrogen and oxygen atoms in total. The molecule has 18 heavy (non-hydrogen) atoms. The largest absolute Gasteiger partial charge is 0.326 e. The monoisotopic (exact) mass is 351 g/mol.